The van der Waals surface area contributed by atoms with Crippen molar-refractivity contribution in [2.24, 2.45) is 0 Å². The van der Waals surface area contributed by atoms with E-state index < -0.39 is 0 Å². The van der Waals surface area contributed by atoms with E-state index in [9.17, 15) is 0 Å². The lowest BCUT2D eigenvalue weighted by Gasteiger charge is -2.25. The molecule has 1 aromatic carbocycles. The number of benzene rings is 1. The van der Waals surface area contributed by atoms with Crippen molar-refractivity contribution >= 4 is 0 Å². The summed E-state index contributed by atoms with van der Waals surface area (Å²) in [6.07, 6.45) is 5.33. The zero-order chi connectivity index (χ0) is 11.5. The maximum absolute atomic E-state index is 6.04. The molecule has 0 saturated carbocycles. The van der Waals surface area contributed by atoms with Crippen molar-refractivity contribution in [1.82, 2.24) is 4.98 Å². The van der Waals surface area contributed by atoms with Gasteiger partial charge in [-0.3, -0.25) is 4.98 Å². The van der Waals surface area contributed by atoms with Crippen molar-refractivity contribution in [2.75, 3.05) is 0 Å². The molecule has 0 saturated heterocycles. The van der Waals surface area contributed by atoms with Crippen LogP contribution in [-0.2, 0) is 6.42 Å². The Morgan fingerprint density at radius 3 is 2.82 bits per heavy atom. The van der Waals surface area contributed by atoms with Crippen LogP contribution in [0.15, 0.2) is 48.7 Å². The van der Waals surface area contributed by atoms with Crippen LogP contribution in [0.2, 0.25) is 0 Å². The average molecular weight is 225 g/mol. The first-order valence-corrected chi connectivity index (χ1v) is 6.09. The predicted molar refractivity (Wildman–Crippen MR) is 67.0 cm³/mol. The zero-order valence-electron chi connectivity index (χ0n) is 9.67. The standard InChI is InChI=1S/C15H15NO/c1-2-6-12(7-3-1)17-15-10-4-9-14-13(15)8-5-11-16-14/h1-3,5-8,11,15H,4,9-10H2. The maximum Gasteiger partial charge on any atom is 0.125 e. The summed E-state index contributed by atoms with van der Waals surface area (Å²) in [5.41, 5.74) is 2.45. The van der Waals surface area contributed by atoms with Gasteiger partial charge in [0.15, 0.2) is 0 Å². The van der Waals surface area contributed by atoms with Crippen molar-refractivity contribution in [3.63, 3.8) is 0 Å². The summed E-state index contributed by atoms with van der Waals surface area (Å²) in [4.78, 5) is 4.43. The number of hydrogen-bond acceptors (Lipinski definition) is 2. The number of hydrogen-bond donors (Lipinski definition) is 0. The lowest BCUT2D eigenvalue weighted by molar-refractivity contribution is 0.182. The van der Waals surface area contributed by atoms with Crippen molar-refractivity contribution in [3.05, 3.63) is 59.9 Å². The van der Waals surface area contributed by atoms with Gasteiger partial charge in [-0.05, 0) is 37.5 Å². The number of fused-ring (bicyclic) bond motifs is 1. The van der Waals surface area contributed by atoms with Gasteiger partial charge in [0.1, 0.15) is 11.9 Å². The molecule has 0 fully saturated rings. The summed E-state index contributed by atoms with van der Waals surface area (Å²) < 4.78 is 6.04. The molecule has 3 rings (SSSR count). The number of pyridine rings is 1. The minimum absolute atomic E-state index is 0.162. The molecule has 0 N–H and O–H groups in total. The van der Waals surface area contributed by atoms with Crippen LogP contribution in [0.25, 0.3) is 0 Å². The summed E-state index contributed by atoms with van der Waals surface area (Å²) in [7, 11) is 0. The fourth-order valence-corrected chi connectivity index (χ4v) is 2.35. The topological polar surface area (TPSA) is 22.1 Å². The minimum Gasteiger partial charge on any atom is -0.486 e. The van der Waals surface area contributed by atoms with Gasteiger partial charge in [0.25, 0.3) is 0 Å². The second-order valence-electron chi connectivity index (χ2n) is 4.35. The lowest BCUT2D eigenvalue weighted by atomic mass is 9.93. The second kappa shape index (κ2) is 4.58. The Bertz CT molecular complexity index is 495. The molecule has 1 aliphatic rings. The summed E-state index contributed by atoms with van der Waals surface area (Å²) in [5.74, 6) is 0.939. The molecule has 1 aliphatic carbocycles. The fraction of sp³-hybridized carbons (Fsp3) is 0.267. The molecule has 0 bridgehead atoms. The number of nitrogens with zero attached hydrogens (tertiary/aromatic N) is 1. The van der Waals surface area contributed by atoms with Crippen molar-refractivity contribution < 1.29 is 4.74 Å². The Morgan fingerprint density at radius 2 is 1.94 bits per heavy atom. The van der Waals surface area contributed by atoms with E-state index in [1.165, 1.54) is 11.3 Å². The Balaban J connectivity index is 1.86. The monoisotopic (exact) mass is 225 g/mol. The molecule has 1 heterocycles. The van der Waals surface area contributed by atoms with Crippen LogP contribution in [0.4, 0.5) is 0 Å². The normalized spacial score (nSPS) is 18.5. The van der Waals surface area contributed by atoms with Gasteiger partial charge in [0.05, 0.1) is 0 Å². The molecule has 0 radical (unpaired) electrons. The first-order chi connectivity index (χ1) is 8.43. The van der Waals surface area contributed by atoms with Crippen LogP contribution < -0.4 is 4.74 Å². The van der Waals surface area contributed by atoms with Crippen LogP contribution in [0, 0.1) is 0 Å². The second-order valence-corrected chi connectivity index (χ2v) is 4.35. The van der Waals surface area contributed by atoms with E-state index in [0.29, 0.717) is 0 Å². The van der Waals surface area contributed by atoms with E-state index in [1.807, 2.05) is 42.6 Å². The molecule has 0 spiro atoms. The summed E-state index contributed by atoms with van der Waals surface area (Å²) in [5, 5.41) is 0. The number of aryl methyl sites for hydroxylation is 1. The molecular formula is C15H15NO. The van der Waals surface area contributed by atoms with Gasteiger partial charge in [0.2, 0.25) is 0 Å². The summed E-state index contributed by atoms with van der Waals surface area (Å²) in [6.45, 7) is 0. The molecule has 1 unspecified atom stereocenters. The number of para-hydroxylation sites is 1. The Hall–Kier alpha value is -1.83. The van der Waals surface area contributed by atoms with Gasteiger partial charge in [-0.25, -0.2) is 0 Å². The number of aromatic nitrogens is 1. The highest BCUT2D eigenvalue weighted by molar-refractivity contribution is 5.28. The van der Waals surface area contributed by atoms with Gasteiger partial charge in [-0.1, -0.05) is 24.3 Å². The molecule has 1 aromatic heterocycles. The molecule has 2 nitrogen and oxygen atoms in total. The quantitative estimate of drug-likeness (QED) is 0.780. The van der Waals surface area contributed by atoms with Gasteiger partial charge < -0.3 is 4.74 Å². The minimum atomic E-state index is 0.162. The zero-order valence-corrected chi connectivity index (χ0v) is 9.67. The maximum atomic E-state index is 6.04. The fourth-order valence-electron chi connectivity index (χ4n) is 2.35. The Morgan fingerprint density at radius 1 is 1.06 bits per heavy atom. The molecule has 0 aliphatic heterocycles. The largest absolute Gasteiger partial charge is 0.486 e. The van der Waals surface area contributed by atoms with Crippen LogP contribution in [-0.4, -0.2) is 4.98 Å². The van der Waals surface area contributed by atoms with Crippen LogP contribution in [0.5, 0.6) is 5.75 Å². The van der Waals surface area contributed by atoms with E-state index in [0.717, 1.165) is 25.0 Å². The third-order valence-corrected chi connectivity index (χ3v) is 3.17. The highest BCUT2D eigenvalue weighted by atomic mass is 16.5. The first kappa shape index (κ1) is 10.3. The summed E-state index contributed by atoms with van der Waals surface area (Å²) >= 11 is 0. The Kier molecular flexibility index (Phi) is 2.78. The number of rotatable bonds is 2. The lowest BCUT2D eigenvalue weighted by Crippen LogP contribution is -2.16. The Labute approximate surface area is 101 Å². The number of ether oxygens (including phenoxy) is 1. The van der Waals surface area contributed by atoms with Crippen molar-refractivity contribution in [3.8, 4) is 5.75 Å². The van der Waals surface area contributed by atoms with E-state index in [1.54, 1.807) is 0 Å². The average Bonchev–Trinajstić information content (AvgIpc) is 2.40. The molecule has 86 valence electrons. The van der Waals surface area contributed by atoms with Crippen LogP contribution in [0.1, 0.15) is 30.2 Å². The molecular weight excluding hydrogens is 210 g/mol. The van der Waals surface area contributed by atoms with Gasteiger partial charge >= 0.3 is 0 Å². The SMILES string of the molecule is c1ccc(OC2CCCc3ncccc32)cc1. The molecule has 2 aromatic rings. The van der Waals surface area contributed by atoms with E-state index in [2.05, 4.69) is 11.1 Å². The van der Waals surface area contributed by atoms with Crippen LogP contribution >= 0.6 is 0 Å². The highest BCUT2D eigenvalue weighted by Gasteiger charge is 2.22. The predicted octanol–water partition coefficient (Wildman–Crippen LogP) is 3.54. The highest BCUT2D eigenvalue weighted by Crippen LogP contribution is 2.32. The molecule has 2 heteroatoms. The van der Waals surface area contributed by atoms with Crippen molar-refractivity contribution in [2.45, 2.75) is 25.4 Å². The summed E-state index contributed by atoms with van der Waals surface area (Å²) in [6, 6.07) is 14.1. The van der Waals surface area contributed by atoms with Gasteiger partial charge in [0, 0.05) is 17.5 Å². The molecule has 17 heavy (non-hydrogen) atoms. The van der Waals surface area contributed by atoms with Crippen LogP contribution in [0.3, 0.4) is 0 Å². The first-order valence-electron chi connectivity index (χ1n) is 6.09. The van der Waals surface area contributed by atoms with Crippen molar-refractivity contribution in [1.29, 1.82) is 0 Å². The third-order valence-electron chi connectivity index (χ3n) is 3.17. The van der Waals surface area contributed by atoms with E-state index in [-0.39, 0.29) is 6.10 Å². The molecule has 0 amide bonds. The van der Waals surface area contributed by atoms with Gasteiger partial charge in [-0.2, -0.15) is 0 Å². The molecule has 1 atom stereocenters. The van der Waals surface area contributed by atoms with E-state index in [4.69, 9.17) is 4.74 Å². The smallest absolute Gasteiger partial charge is 0.125 e. The van der Waals surface area contributed by atoms with E-state index >= 15 is 0 Å². The van der Waals surface area contributed by atoms with Gasteiger partial charge in [-0.15, -0.1) is 0 Å². The third kappa shape index (κ3) is 2.16.